The molecule has 1 aliphatic heterocycles. The molecule has 0 bridgehead atoms. The van der Waals surface area contributed by atoms with Gasteiger partial charge in [0.2, 0.25) is 5.91 Å². The Morgan fingerprint density at radius 2 is 2.14 bits per heavy atom. The number of hydrogen-bond donors (Lipinski definition) is 1. The minimum atomic E-state index is -0.135. The lowest BCUT2D eigenvalue weighted by molar-refractivity contribution is -0.121. The number of nitrogens with zero attached hydrogens (tertiary/aromatic N) is 2. The van der Waals surface area contributed by atoms with Gasteiger partial charge in [0.1, 0.15) is 0 Å². The highest BCUT2D eigenvalue weighted by Crippen LogP contribution is 2.23. The zero-order valence-corrected chi connectivity index (χ0v) is 14.0. The van der Waals surface area contributed by atoms with Gasteiger partial charge in [-0.3, -0.25) is 9.59 Å². The van der Waals surface area contributed by atoms with Crippen LogP contribution in [0.4, 0.5) is 5.13 Å². The fraction of sp³-hybridized carbons (Fsp3) is 0.357. The topological polar surface area (TPSA) is 75.4 Å². The first-order chi connectivity index (χ1) is 10.6. The predicted octanol–water partition coefficient (Wildman–Crippen LogP) is 2.99. The highest BCUT2D eigenvalue weighted by atomic mass is 79.9. The summed E-state index contributed by atoms with van der Waals surface area (Å²) < 4.78 is 5.82. The van der Waals surface area contributed by atoms with Crippen molar-refractivity contribution >= 4 is 44.2 Å². The molecule has 0 aromatic carbocycles. The first-order valence-corrected chi connectivity index (χ1v) is 8.56. The molecule has 2 aromatic rings. The highest BCUT2D eigenvalue weighted by molar-refractivity contribution is 9.10. The number of carbonyl (C=O) groups is 2. The molecule has 1 fully saturated rings. The number of nitrogens with one attached hydrogen (secondary N) is 1. The minimum absolute atomic E-state index is 0.0252. The molecule has 2 amide bonds. The average molecular weight is 384 g/mol. The normalized spacial score (nSPS) is 15.8. The molecule has 0 aliphatic carbocycles. The van der Waals surface area contributed by atoms with Crippen LogP contribution in [0.5, 0.6) is 0 Å². The molecule has 0 unspecified atom stereocenters. The fourth-order valence-corrected chi connectivity index (χ4v) is 3.26. The van der Waals surface area contributed by atoms with Crippen LogP contribution in [0.1, 0.15) is 23.4 Å². The van der Waals surface area contributed by atoms with Gasteiger partial charge in [0.05, 0.1) is 0 Å². The van der Waals surface area contributed by atoms with Crippen LogP contribution in [0.3, 0.4) is 0 Å². The lowest BCUT2D eigenvalue weighted by Crippen LogP contribution is -2.41. The van der Waals surface area contributed by atoms with Crippen molar-refractivity contribution in [2.24, 2.45) is 5.92 Å². The predicted molar refractivity (Wildman–Crippen MR) is 85.8 cm³/mol. The minimum Gasteiger partial charge on any atom is -0.444 e. The van der Waals surface area contributed by atoms with Crippen molar-refractivity contribution in [1.29, 1.82) is 0 Å². The van der Waals surface area contributed by atoms with Crippen molar-refractivity contribution < 1.29 is 14.0 Å². The Bertz CT molecular complexity index is 663. The van der Waals surface area contributed by atoms with Gasteiger partial charge in [-0.1, -0.05) is 0 Å². The molecule has 3 rings (SSSR count). The zero-order chi connectivity index (χ0) is 15.5. The van der Waals surface area contributed by atoms with Crippen molar-refractivity contribution in [1.82, 2.24) is 9.88 Å². The van der Waals surface area contributed by atoms with Crippen molar-refractivity contribution in [3.63, 3.8) is 0 Å². The number of anilines is 1. The Morgan fingerprint density at radius 3 is 2.73 bits per heavy atom. The molecule has 0 atom stereocenters. The van der Waals surface area contributed by atoms with Gasteiger partial charge in [-0.15, -0.1) is 11.3 Å². The molecule has 1 aliphatic rings. The molecule has 8 heteroatoms. The number of furan rings is 1. The van der Waals surface area contributed by atoms with Crippen molar-refractivity contribution in [2.75, 3.05) is 18.4 Å². The Kier molecular flexibility index (Phi) is 4.58. The number of carbonyl (C=O) groups excluding carboxylic acids is 2. The van der Waals surface area contributed by atoms with E-state index >= 15 is 0 Å². The summed E-state index contributed by atoms with van der Waals surface area (Å²) in [5.74, 6) is 0.0705. The molecule has 22 heavy (non-hydrogen) atoms. The SMILES string of the molecule is O=C(Nc1nccs1)C1CCN(C(=O)c2ccc(Br)o2)CC1. The number of likely N-dealkylation sites (tertiary alicyclic amines) is 1. The molecule has 3 heterocycles. The molecule has 0 radical (unpaired) electrons. The van der Waals surface area contributed by atoms with Crippen LogP contribution in [-0.2, 0) is 4.79 Å². The average Bonchev–Trinajstić information content (AvgIpc) is 3.18. The molecule has 0 spiro atoms. The molecule has 116 valence electrons. The maximum atomic E-state index is 12.2. The van der Waals surface area contributed by atoms with Crippen LogP contribution in [0.25, 0.3) is 0 Å². The van der Waals surface area contributed by atoms with Gasteiger partial charge in [0, 0.05) is 30.6 Å². The maximum absolute atomic E-state index is 12.2. The van der Waals surface area contributed by atoms with Crippen LogP contribution < -0.4 is 5.32 Å². The first-order valence-electron chi connectivity index (χ1n) is 6.88. The Hall–Kier alpha value is -1.67. The number of aromatic nitrogens is 1. The standard InChI is InChI=1S/C14H14BrN3O3S/c15-11-2-1-10(21-11)13(20)18-6-3-9(4-7-18)12(19)17-14-16-5-8-22-14/h1-2,5,8-9H,3-4,6-7H2,(H,16,17,19). The van der Waals surface area contributed by atoms with E-state index in [9.17, 15) is 9.59 Å². The molecule has 1 N–H and O–H groups in total. The van der Waals surface area contributed by atoms with Gasteiger partial charge in [-0.05, 0) is 40.9 Å². The van der Waals surface area contributed by atoms with Gasteiger partial charge in [0.25, 0.3) is 5.91 Å². The van der Waals surface area contributed by atoms with E-state index in [1.807, 2.05) is 5.38 Å². The van der Waals surface area contributed by atoms with Crippen LogP contribution >= 0.6 is 27.3 Å². The molecule has 2 aromatic heterocycles. The number of amides is 2. The van der Waals surface area contributed by atoms with Gasteiger partial charge in [-0.25, -0.2) is 4.98 Å². The van der Waals surface area contributed by atoms with Gasteiger partial charge in [0.15, 0.2) is 15.6 Å². The third kappa shape index (κ3) is 3.38. The van der Waals surface area contributed by atoms with E-state index in [0.29, 0.717) is 41.5 Å². The van der Waals surface area contributed by atoms with Crippen LogP contribution in [0, 0.1) is 5.92 Å². The number of rotatable bonds is 3. The highest BCUT2D eigenvalue weighted by Gasteiger charge is 2.29. The molecular weight excluding hydrogens is 370 g/mol. The summed E-state index contributed by atoms with van der Waals surface area (Å²) in [6.45, 7) is 1.10. The summed E-state index contributed by atoms with van der Waals surface area (Å²) >= 11 is 4.58. The van der Waals surface area contributed by atoms with Crippen LogP contribution in [0.2, 0.25) is 0 Å². The second kappa shape index (κ2) is 6.62. The second-order valence-electron chi connectivity index (χ2n) is 5.00. The van der Waals surface area contributed by atoms with Gasteiger partial charge in [-0.2, -0.15) is 0 Å². The fourth-order valence-electron chi connectivity index (χ4n) is 2.42. The Balaban J connectivity index is 1.54. The van der Waals surface area contributed by atoms with E-state index in [1.165, 1.54) is 11.3 Å². The summed E-state index contributed by atoms with van der Waals surface area (Å²) in [5.41, 5.74) is 0. The van der Waals surface area contributed by atoms with E-state index in [2.05, 4.69) is 26.2 Å². The number of hydrogen-bond acceptors (Lipinski definition) is 5. The lowest BCUT2D eigenvalue weighted by Gasteiger charge is -2.30. The molecule has 1 saturated heterocycles. The molecular formula is C14H14BrN3O3S. The molecule has 6 nitrogen and oxygen atoms in total. The Morgan fingerprint density at radius 1 is 1.36 bits per heavy atom. The smallest absolute Gasteiger partial charge is 0.289 e. The van der Waals surface area contributed by atoms with Crippen molar-refractivity contribution in [3.8, 4) is 0 Å². The van der Waals surface area contributed by atoms with Crippen LogP contribution in [0.15, 0.2) is 32.8 Å². The summed E-state index contributed by atoms with van der Waals surface area (Å²) in [5, 5.41) is 5.24. The number of thiazole rings is 1. The van der Waals surface area contributed by atoms with E-state index in [-0.39, 0.29) is 17.7 Å². The third-order valence-corrected chi connectivity index (χ3v) is 4.71. The molecule has 0 saturated carbocycles. The second-order valence-corrected chi connectivity index (χ2v) is 6.67. The lowest BCUT2D eigenvalue weighted by atomic mass is 9.96. The van der Waals surface area contributed by atoms with Gasteiger partial charge < -0.3 is 14.6 Å². The summed E-state index contributed by atoms with van der Waals surface area (Å²) in [4.78, 5) is 30.2. The van der Waals surface area contributed by atoms with E-state index < -0.39 is 0 Å². The van der Waals surface area contributed by atoms with Crippen molar-refractivity contribution in [2.45, 2.75) is 12.8 Å². The number of piperidine rings is 1. The quantitative estimate of drug-likeness (QED) is 0.883. The monoisotopic (exact) mass is 383 g/mol. The summed E-state index contributed by atoms with van der Waals surface area (Å²) in [7, 11) is 0. The van der Waals surface area contributed by atoms with Gasteiger partial charge >= 0.3 is 0 Å². The van der Waals surface area contributed by atoms with E-state index in [4.69, 9.17) is 4.42 Å². The zero-order valence-electron chi connectivity index (χ0n) is 11.6. The maximum Gasteiger partial charge on any atom is 0.289 e. The van der Waals surface area contributed by atoms with Crippen molar-refractivity contribution in [3.05, 3.63) is 34.1 Å². The van der Waals surface area contributed by atoms with E-state index in [1.54, 1.807) is 23.2 Å². The van der Waals surface area contributed by atoms with Crippen LogP contribution in [-0.4, -0.2) is 34.8 Å². The first kappa shape index (κ1) is 15.2. The summed E-state index contributed by atoms with van der Waals surface area (Å²) in [6, 6.07) is 3.34. The van der Waals surface area contributed by atoms with E-state index in [0.717, 1.165) is 0 Å². The Labute approximate surface area is 139 Å². The third-order valence-electron chi connectivity index (χ3n) is 3.60. The largest absolute Gasteiger partial charge is 0.444 e. The summed E-state index contributed by atoms with van der Waals surface area (Å²) in [6.07, 6.45) is 2.94. The number of halogens is 1.